The van der Waals surface area contributed by atoms with E-state index < -0.39 is 0 Å². The van der Waals surface area contributed by atoms with Crippen molar-refractivity contribution in [1.82, 2.24) is 19.7 Å². The van der Waals surface area contributed by atoms with Gasteiger partial charge in [0.05, 0.1) is 12.9 Å². The molecule has 3 aromatic rings. The molecular weight excluding hydrogens is 252 g/mol. The molecule has 3 rings (SSSR count). The van der Waals surface area contributed by atoms with Crippen molar-refractivity contribution < 1.29 is 4.52 Å². The maximum atomic E-state index is 5.30. The molecule has 0 saturated carbocycles. The highest BCUT2D eigenvalue weighted by atomic mass is 16.5. The summed E-state index contributed by atoms with van der Waals surface area (Å²) in [5, 5.41) is 3.99. The Labute approximate surface area is 117 Å². The lowest BCUT2D eigenvalue weighted by Gasteiger charge is -2.04. The summed E-state index contributed by atoms with van der Waals surface area (Å²) < 4.78 is 7.20. The van der Waals surface area contributed by atoms with Gasteiger partial charge in [-0.1, -0.05) is 31.1 Å². The first kappa shape index (κ1) is 12.6. The summed E-state index contributed by atoms with van der Waals surface area (Å²) in [5.74, 6) is 1.71. The molecule has 5 heteroatoms. The van der Waals surface area contributed by atoms with Crippen molar-refractivity contribution >= 4 is 0 Å². The Morgan fingerprint density at radius 2 is 2.00 bits per heavy atom. The van der Waals surface area contributed by atoms with E-state index in [0.717, 1.165) is 5.56 Å². The summed E-state index contributed by atoms with van der Waals surface area (Å²) in [7, 11) is 0. The minimum Gasteiger partial charge on any atom is -0.334 e. The molecule has 2 heterocycles. The Morgan fingerprint density at radius 3 is 2.65 bits per heavy atom. The van der Waals surface area contributed by atoms with Crippen LogP contribution < -0.4 is 0 Å². The smallest absolute Gasteiger partial charge is 0.257 e. The molecule has 0 bridgehead atoms. The number of benzene rings is 1. The molecule has 0 saturated heterocycles. The first-order valence-electron chi connectivity index (χ1n) is 6.61. The average Bonchev–Trinajstić information content (AvgIpc) is 3.11. The lowest BCUT2D eigenvalue weighted by Crippen LogP contribution is -1.98. The van der Waals surface area contributed by atoms with Crippen molar-refractivity contribution in [3.05, 3.63) is 54.4 Å². The molecule has 0 aliphatic carbocycles. The summed E-state index contributed by atoms with van der Waals surface area (Å²) in [6.45, 7) is 4.91. The monoisotopic (exact) mass is 268 g/mol. The highest BCUT2D eigenvalue weighted by Crippen LogP contribution is 2.21. The normalized spacial score (nSPS) is 11.2. The number of hydrogen-bond acceptors (Lipinski definition) is 4. The van der Waals surface area contributed by atoms with Gasteiger partial charge in [-0.2, -0.15) is 4.98 Å². The SMILES string of the molecule is CC(C)c1ccc(-c2nc(Cn3ccnc3)no2)cc1. The molecule has 0 aliphatic heterocycles. The number of rotatable bonds is 4. The van der Waals surface area contributed by atoms with E-state index in [0.29, 0.717) is 24.2 Å². The number of aromatic nitrogens is 4. The summed E-state index contributed by atoms with van der Waals surface area (Å²) in [6.07, 6.45) is 5.33. The van der Waals surface area contributed by atoms with Crippen LogP contribution in [0.15, 0.2) is 47.5 Å². The van der Waals surface area contributed by atoms with E-state index in [1.807, 2.05) is 22.9 Å². The topological polar surface area (TPSA) is 56.7 Å². The Kier molecular flexibility index (Phi) is 3.33. The van der Waals surface area contributed by atoms with Crippen LogP contribution in [0.4, 0.5) is 0 Å². The third-order valence-electron chi connectivity index (χ3n) is 3.18. The van der Waals surface area contributed by atoms with Gasteiger partial charge in [-0.25, -0.2) is 4.98 Å². The second-order valence-electron chi connectivity index (χ2n) is 5.03. The van der Waals surface area contributed by atoms with Crippen molar-refractivity contribution in [3.8, 4) is 11.5 Å². The van der Waals surface area contributed by atoms with Crippen molar-refractivity contribution in [2.75, 3.05) is 0 Å². The van der Waals surface area contributed by atoms with E-state index in [1.54, 1.807) is 12.5 Å². The van der Waals surface area contributed by atoms with Crippen LogP contribution in [0.2, 0.25) is 0 Å². The van der Waals surface area contributed by atoms with Crippen molar-refractivity contribution in [3.63, 3.8) is 0 Å². The molecule has 0 unspecified atom stereocenters. The van der Waals surface area contributed by atoms with Gasteiger partial charge < -0.3 is 9.09 Å². The Hall–Kier alpha value is -2.43. The highest BCUT2D eigenvalue weighted by molar-refractivity contribution is 5.53. The second kappa shape index (κ2) is 5.28. The molecule has 0 atom stereocenters. The van der Waals surface area contributed by atoms with Gasteiger partial charge in [-0.15, -0.1) is 0 Å². The molecule has 20 heavy (non-hydrogen) atoms. The Balaban J connectivity index is 1.79. The molecule has 2 aromatic heterocycles. The van der Waals surface area contributed by atoms with Crippen LogP contribution in [-0.2, 0) is 6.54 Å². The van der Waals surface area contributed by atoms with E-state index >= 15 is 0 Å². The molecule has 102 valence electrons. The first-order valence-corrected chi connectivity index (χ1v) is 6.61. The quantitative estimate of drug-likeness (QED) is 0.729. The maximum absolute atomic E-state index is 5.30. The lowest BCUT2D eigenvalue weighted by atomic mass is 10.0. The maximum Gasteiger partial charge on any atom is 0.257 e. The molecular formula is C15H16N4O. The minimum absolute atomic E-state index is 0.517. The molecule has 0 aliphatic rings. The van der Waals surface area contributed by atoms with Crippen molar-refractivity contribution in [2.45, 2.75) is 26.3 Å². The van der Waals surface area contributed by atoms with E-state index in [1.165, 1.54) is 5.56 Å². The van der Waals surface area contributed by atoms with Crippen LogP contribution in [0.5, 0.6) is 0 Å². The fourth-order valence-electron chi connectivity index (χ4n) is 1.99. The van der Waals surface area contributed by atoms with Crippen LogP contribution in [0.3, 0.4) is 0 Å². The van der Waals surface area contributed by atoms with Crippen LogP contribution in [-0.4, -0.2) is 19.7 Å². The molecule has 0 N–H and O–H groups in total. The average molecular weight is 268 g/mol. The van der Waals surface area contributed by atoms with Crippen molar-refractivity contribution in [1.29, 1.82) is 0 Å². The van der Waals surface area contributed by atoms with Crippen LogP contribution in [0, 0.1) is 0 Å². The van der Waals surface area contributed by atoms with Gasteiger partial charge >= 0.3 is 0 Å². The van der Waals surface area contributed by atoms with Gasteiger partial charge in [0.1, 0.15) is 0 Å². The van der Waals surface area contributed by atoms with Gasteiger partial charge in [-0.3, -0.25) is 0 Å². The van der Waals surface area contributed by atoms with E-state index in [9.17, 15) is 0 Å². The summed E-state index contributed by atoms with van der Waals surface area (Å²) in [4.78, 5) is 8.39. The third kappa shape index (κ3) is 2.61. The van der Waals surface area contributed by atoms with Crippen LogP contribution in [0.1, 0.15) is 31.2 Å². The molecule has 1 aromatic carbocycles. The zero-order valence-corrected chi connectivity index (χ0v) is 11.5. The number of imidazole rings is 1. The molecule has 0 amide bonds. The second-order valence-corrected chi connectivity index (χ2v) is 5.03. The van der Waals surface area contributed by atoms with Gasteiger partial charge in [0, 0.05) is 18.0 Å². The summed E-state index contributed by atoms with van der Waals surface area (Å²) in [6, 6.07) is 8.23. The van der Waals surface area contributed by atoms with Gasteiger partial charge in [-0.05, 0) is 23.6 Å². The number of nitrogens with zero attached hydrogens (tertiary/aromatic N) is 4. The van der Waals surface area contributed by atoms with E-state index in [2.05, 4.69) is 41.1 Å². The molecule has 0 radical (unpaired) electrons. The fraction of sp³-hybridized carbons (Fsp3) is 0.267. The standard InChI is InChI=1S/C15H16N4O/c1-11(2)12-3-5-13(6-4-12)15-17-14(18-20-15)9-19-8-7-16-10-19/h3-8,10-11H,9H2,1-2H3. The largest absolute Gasteiger partial charge is 0.334 e. The molecule has 0 spiro atoms. The predicted molar refractivity (Wildman–Crippen MR) is 75.2 cm³/mol. The van der Waals surface area contributed by atoms with Gasteiger partial charge in [0.2, 0.25) is 0 Å². The summed E-state index contributed by atoms with van der Waals surface area (Å²) in [5.41, 5.74) is 2.24. The first-order chi connectivity index (χ1) is 9.72. The van der Waals surface area contributed by atoms with Crippen LogP contribution >= 0.6 is 0 Å². The summed E-state index contributed by atoms with van der Waals surface area (Å²) >= 11 is 0. The van der Waals surface area contributed by atoms with E-state index in [-0.39, 0.29) is 0 Å². The Bertz CT molecular complexity index is 668. The molecule has 0 fully saturated rings. The minimum atomic E-state index is 0.517. The fourth-order valence-corrected chi connectivity index (χ4v) is 1.99. The Morgan fingerprint density at radius 1 is 1.20 bits per heavy atom. The van der Waals surface area contributed by atoms with Crippen LogP contribution in [0.25, 0.3) is 11.5 Å². The lowest BCUT2D eigenvalue weighted by molar-refractivity contribution is 0.420. The van der Waals surface area contributed by atoms with Gasteiger partial charge in [0.15, 0.2) is 5.82 Å². The van der Waals surface area contributed by atoms with E-state index in [4.69, 9.17) is 4.52 Å². The zero-order chi connectivity index (χ0) is 13.9. The number of hydrogen-bond donors (Lipinski definition) is 0. The zero-order valence-electron chi connectivity index (χ0n) is 11.5. The van der Waals surface area contributed by atoms with Crippen molar-refractivity contribution in [2.24, 2.45) is 0 Å². The predicted octanol–water partition coefficient (Wildman–Crippen LogP) is 3.10. The highest BCUT2D eigenvalue weighted by Gasteiger charge is 2.09. The van der Waals surface area contributed by atoms with Gasteiger partial charge in [0.25, 0.3) is 5.89 Å². The molecule has 5 nitrogen and oxygen atoms in total. The third-order valence-corrected chi connectivity index (χ3v) is 3.18.